The zero-order valence-electron chi connectivity index (χ0n) is 12.0. The predicted molar refractivity (Wildman–Crippen MR) is 79.1 cm³/mol. The predicted octanol–water partition coefficient (Wildman–Crippen LogP) is 2.60. The van der Waals surface area contributed by atoms with E-state index in [-0.39, 0.29) is 18.3 Å². The molecular weight excluding hydrogens is 248 g/mol. The third-order valence-electron chi connectivity index (χ3n) is 3.92. The molecule has 3 nitrogen and oxygen atoms in total. The van der Waals surface area contributed by atoms with Crippen molar-refractivity contribution in [2.75, 3.05) is 19.6 Å². The average molecular weight is 277 g/mol. The van der Waals surface area contributed by atoms with Crippen molar-refractivity contribution in [2.45, 2.75) is 46.5 Å². The molecule has 1 aliphatic heterocycles. The fourth-order valence-electron chi connectivity index (χ4n) is 2.19. The molecule has 0 aliphatic carbocycles. The van der Waals surface area contributed by atoms with E-state index >= 15 is 0 Å². The van der Waals surface area contributed by atoms with E-state index in [0.29, 0.717) is 18.3 Å². The quantitative estimate of drug-likeness (QED) is 0.783. The van der Waals surface area contributed by atoms with Crippen LogP contribution in [0.5, 0.6) is 0 Å². The zero-order chi connectivity index (χ0) is 12.7. The summed E-state index contributed by atoms with van der Waals surface area (Å²) in [4.78, 5) is 11.7. The minimum atomic E-state index is 0. The normalized spacial score (nSPS) is 21.2. The number of piperidine rings is 1. The van der Waals surface area contributed by atoms with E-state index in [9.17, 15) is 4.79 Å². The van der Waals surface area contributed by atoms with Gasteiger partial charge in [0.15, 0.2) is 0 Å². The minimum Gasteiger partial charge on any atom is -0.356 e. The summed E-state index contributed by atoms with van der Waals surface area (Å²) >= 11 is 0. The summed E-state index contributed by atoms with van der Waals surface area (Å²) in [5, 5.41) is 6.46. The molecule has 1 rings (SSSR count). The second-order valence-electron chi connectivity index (χ2n) is 5.78. The number of carbonyl (C=O) groups excluding carboxylic acids is 1. The number of hydrogen-bond donors (Lipinski definition) is 2. The first-order chi connectivity index (χ1) is 8.09. The SMILES string of the molecule is CC(C)C(C)CC(=O)NCCC1CCCNC1.Cl. The Bertz CT molecular complexity index is 228. The Hall–Kier alpha value is -0.280. The first-order valence-electron chi connectivity index (χ1n) is 7.07. The monoisotopic (exact) mass is 276 g/mol. The van der Waals surface area contributed by atoms with Gasteiger partial charge in [0.25, 0.3) is 0 Å². The summed E-state index contributed by atoms with van der Waals surface area (Å²) in [7, 11) is 0. The van der Waals surface area contributed by atoms with Crippen LogP contribution in [0.3, 0.4) is 0 Å². The summed E-state index contributed by atoms with van der Waals surface area (Å²) in [6.45, 7) is 9.62. The van der Waals surface area contributed by atoms with Crippen molar-refractivity contribution in [1.29, 1.82) is 0 Å². The number of halogens is 1. The average Bonchev–Trinajstić information content (AvgIpc) is 2.30. The standard InChI is InChI=1S/C14H28N2O.ClH/c1-11(2)12(3)9-14(17)16-8-6-13-5-4-7-15-10-13;/h11-13,15H,4-10H2,1-3H3,(H,16,17);1H. The van der Waals surface area contributed by atoms with Crippen molar-refractivity contribution in [3.8, 4) is 0 Å². The maximum atomic E-state index is 11.7. The molecule has 1 heterocycles. The Morgan fingerprint density at radius 2 is 2.11 bits per heavy atom. The Morgan fingerprint density at radius 3 is 2.67 bits per heavy atom. The van der Waals surface area contributed by atoms with Crippen LogP contribution in [0, 0.1) is 17.8 Å². The minimum absolute atomic E-state index is 0. The molecule has 0 spiro atoms. The van der Waals surface area contributed by atoms with Crippen LogP contribution in [-0.2, 0) is 4.79 Å². The van der Waals surface area contributed by atoms with E-state index in [2.05, 4.69) is 31.4 Å². The highest BCUT2D eigenvalue weighted by Gasteiger charge is 2.14. The number of nitrogens with one attached hydrogen (secondary N) is 2. The maximum absolute atomic E-state index is 11.7. The van der Waals surface area contributed by atoms with Crippen molar-refractivity contribution in [2.24, 2.45) is 17.8 Å². The molecule has 4 heteroatoms. The van der Waals surface area contributed by atoms with E-state index in [0.717, 1.165) is 32.0 Å². The van der Waals surface area contributed by atoms with E-state index in [1.54, 1.807) is 0 Å². The van der Waals surface area contributed by atoms with Crippen LogP contribution >= 0.6 is 12.4 Å². The summed E-state index contributed by atoms with van der Waals surface area (Å²) in [5.41, 5.74) is 0. The molecule has 2 N–H and O–H groups in total. The van der Waals surface area contributed by atoms with E-state index < -0.39 is 0 Å². The Balaban J connectivity index is 0.00000289. The van der Waals surface area contributed by atoms with Gasteiger partial charge in [-0.05, 0) is 50.1 Å². The molecule has 0 aromatic rings. The van der Waals surface area contributed by atoms with Crippen molar-refractivity contribution in [1.82, 2.24) is 10.6 Å². The number of carbonyl (C=O) groups is 1. The Labute approximate surface area is 118 Å². The van der Waals surface area contributed by atoms with Gasteiger partial charge in [-0.25, -0.2) is 0 Å². The third kappa shape index (κ3) is 7.22. The van der Waals surface area contributed by atoms with Crippen LogP contribution < -0.4 is 10.6 Å². The lowest BCUT2D eigenvalue weighted by molar-refractivity contribution is -0.122. The van der Waals surface area contributed by atoms with Crippen molar-refractivity contribution in [3.05, 3.63) is 0 Å². The molecule has 1 fully saturated rings. The van der Waals surface area contributed by atoms with Gasteiger partial charge < -0.3 is 10.6 Å². The Morgan fingerprint density at radius 1 is 1.39 bits per heavy atom. The second kappa shape index (κ2) is 9.62. The highest BCUT2D eigenvalue weighted by atomic mass is 35.5. The Kier molecular flexibility index (Phi) is 9.47. The van der Waals surface area contributed by atoms with Gasteiger partial charge in [0.1, 0.15) is 0 Å². The summed E-state index contributed by atoms with van der Waals surface area (Å²) in [6, 6.07) is 0. The maximum Gasteiger partial charge on any atom is 0.220 e. The van der Waals surface area contributed by atoms with Gasteiger partial charge >= 0.3 is 0 Å². The molecular formula is C14H29ClN2O. The molecule has 2 atom stereocenters. The van der Waals surface area contributed by atoms with Gasteiger partial charge in [0.2, 0.25) is 5.91 Å². The van der Waals surface area contributed by atoms with Crippen LogP contribution in [0.2, 0.25) is 0 Å². The molecule has 18 heavy (non-hydrogen) atoms. The van der Waals surface area contributed by atoms with Gasteiger partial charge in [-0.2, -0.15) is 0 Å². The van der Waals surface area contributed by atoms with Crippen molar-refractivity contribution < 1.29 is 4.79 Å². The topological polar surface area (TPSA) is 41.1 Å². The van der Waals surface area contributed by atoms with Crippen LogP contribution in [-0.4, -0.2) is 25.5 Å². The molecule has 0 saturated carbocycles. The molecule has 0 aromatic carbocycles. The van der Waals surface area contributed by atoms with Crippen LogP contribution in [0.15, 0.2) is 0 Å². The van der Waals surface area contributed by atoms with E-state index in [1.165, 1.54) is 12.8 Å². The fraction of sp³-hybridized carbons (Fsp3) is 0.929. The highest BCUT2D eigenvalue weighted by molar-refractivity contribution is 5.85. The molecule has 108 valence electrons. The van der Waals surface area contributed by atoms with Gasteiger partial charge in [-0.15, -0.1) is 12.4 Å². The van der Waals surface area contributed by atoms with Gasteiger partial charge in [0, 0.05) is 13.0 Å². The second-order valence-corrected chi connectivity index (χ2v) is 5.78. The number of rotatable bonds is 6. The number of hydrogen-bond acceptors (Lipinski definition) is 2. The first-order valence-corrected chi connectivity index (χ1v) is 7.07. The lowest BCUT2D eigenvalue weighted by atomic mass is 9.94. The van der Waals surface area contributed by atoms with Crippen molar-refractivity contribution >= 4 is 18.3 Å². The molecule has 1 aliphatic rings. The van der Waals surface area contributed by atoms with E-state index in [1.807, 2.05) is 0 Å². The van der Waals surface area contributed by atoms with E-state index in [4.69, 9.17) is 0 Å². The summed E-state index contributed by atoms with van der Waals surface area (Å²) in [6.07, 6.45) is 4.38. The largest absolute Gasteiger partial charge is 0.356 e. The van der Waals surface area contributed by atoms with Crippen LogP contribution in [0.1, 0.15) is 46.5 Å². The first kappa shape index (κ1) is 17.7. The van der Waals surface area contributed by atoms with Crippen LogP contribution in [0.4, 0.5) is 0 Å². The molecule has 0 bridgehead atoms. The summed E-state index contributed by atoms with van der Waals surface area (Å²) < 4.78 is 0. The smallest absolute Gasteiger partial charge is 0.220 e. The van der Waals surface area contributed by atoms with Gasteiger partial charge in [-0.3, -0.25) is 4.79 Å². The fourth-order valence-corrected chi connectivity index (χ4v) is 2.19. The summed E-state index contributed by atoms with van der Waals surface area (Å²) in [5.74, 6) is 2.04. The lowest BCUT2D eigenvalue weighted by Gasteiger charge is -2.23. The molecule has 2 unspecified atom stereocenters. The molecule has 1 saturated heterocycles. The van der Waals surface area contributed by atoms with Crippen molar-refractivity contribution in [3.63, 3.8) is 0 Å². The molecule has 0 radical (unpaired) electrons. The molecule has 1 amide bonds. The lowest BCUT2D eigenvalue weighted by Crippen LogP contribution is -2.33. The number of amides is 1. The van der Waals surface area contributed by atoms with Crippen LogP contribution in [0.25, 0.3) is 0 Å². The van der Waals surface area contributed by atoms with Gasteiger partial charge in [0.05, 0.1) is 0 Å². The highest BCUT2D eigenvalue weighted by Crippen LogP contribution is 2.14. The zero-order valence-corrected chi connectivity index (χ0v) is 12.8. The third-order valence-corrected chi connectivity index (χ3v) is 3.92. The molecule has 0 aromatic heterocycles. The van der Waals surface area contributed by atoms with Gasteiger partial charge in [-0.1, -0.05) is 20.8 Å².